The number of nitrogens with one attached hydrogen (secondary N) is 2. The normalized spacial score (nSPS) is 18.9. The van der Waals surface area contributed by atoms with E-state index in [0.717, 1.165) is 5.56 Å². The molecule has 0 spiro atoms. The molecule has 1 atom stereocenters. The van der Waals surface area contributed by atoms with Gasteiger partial charge in [-0.25, -0.2) is 0 Å². The van der Waals surface area contributed by atoms with Gasteiger partial charge >= 0.3 is 0 Å². The Balaban J connectivity index is 1.92. The molecule has 19 heavy (non-hydrogen) atoms. The van der Waals surface area contributed by atoms with Crippen LogP contribution in [0.1, 0.15) is 5.56 Å². The van der Waals surface area contributed by atoms with Crippen LogP contribution in [0.5, 0.6) is 5.75 Å². The van der Waals surface area contributed by atoms with Crippen LogP contribution in [-0.2, 0) is 16.1 Å². The van der Waals surface area contributed by atoms with Crippen molar-refractivity contribution in [1.29, 1.82) is 0 Å². The fourth-order valence-corrected chi connectivity index (χ4v) is 2.07. The summed E-state index contributed by atoms with van der Waals surface area (Å²) >= 11 is 5.89. The van der Waals surface area contributed by atoms with Crippen molar-refractivity contribution < 1.29 is 14.3 Å². The highest BCUT2D eigenvalue weighted by Crippen LogP contribution is 2.22. The van der Waals surface area contributed by atoms with Gasteiger partial charge < -0.3 is 20.1 Å². The van der Waals surface area contributed by atoms with Crippen molar-refractivity contribution in [2.24, 2.45) is 0 Å². The fourth-order valence-electron chi connectivity index (χ4n) is 1.90. The number of hydrogen-bond acceptors (Lipinski definition) is 4. The van der Waals surface area contributed by atoms with Gasteiger partial charge in [-0.1, -0.05) is 17.7 Å². The third-order valence-electron chi connectivity index (χ3n) is 2.94. The predicted molar refractivity (Wildman–Crippen MR) is 72.5 cm³/mol. The molecule has 2 rings (SSSR count). The smallest absolute Gasteiger partial charge is 0.239 e. The average Bonchev–Trinajstić information content (AvgIpc) is 2.46. The van der Waals surface area contributed by atoms with Gasteiger partial charge in [0.25, 0.3) is 0 Å². The summed E-state index contributed by atoms with van der Waals surface area (Å²) in [5.74, 6) is 0.595. The number of carbonyl (C=O) groups excluding carboxylic acids is 1. The summed E-state index contributed by atoms with van der Waals surface area (Å²) < 4.78 is 10.5. The minimum absolute atomic E-state index is 0.0725. The number of methoxy groups -OCH3 is 1. The lowest BCUT2D eigenvalue weighted by molar-refractivity contribution is -0.126. The number of ether oxygens (including phenoxy) is 2. The minimum atomic E-state index is -0.285. The van der Waals surface area contributed by atoms with E-state index < -0.39 is 0 Å². The first-order valence-electron chi connectivity index (χ1n) is 6.12. The van der Waals surface area contributed by atoms with Crippen LogP contribution >= 0.6 is 11.6 Å². The van der Waals surface area contributed by atoms with Gasteiger partial charge in [0.2, 0.25) is 5.91 Å². The molecule has 1 heterocycles. The largest absolute Gasteiger partial charge is 0.496 e. The number of carbonyl (C=O) groups is 1. The van der Waals surface area contributed by atoms with Gasteiger partial charge in [0.15, 0.2) is 0 Å². The number of morpholine rings is 1. The molecule has 0 aromatic heterocycles. The maximum Gasteiger partial charge on any atom is 0.239 e. The molecule has 1 amide bonds. The van der Waals surface area contributed by atoms with Gasteiger partial charge in [-0.05, 0) is 12.1 Å². The highest BCUT2D eigenvalue weighted by Gasteiger charge is 2.20. The second kappa shape index (κ2) is 6.75. The number of hydrogen-bond donors (Lipinski definition) is 2. The van der Waals surface area contributed by atoms with Gasteiger partial charge in [0, 0.05) is 23.7 Å². The summed E-state index contributed by atoms with van der Waals surface area (Å²) in [5.41, 5.74) is 0.886. The van der Waals surface area contributed by atoms with E-state index in [1.54, 1.807) is 19.2 Å². The zero-order valence-corrected chi connectivity index (χ0v) is 11.5. The quantitative estimate of drug-likeness (QED) is 0.864. The maximum absolute atomic E-state index is 11.9. The van der Waals surface area contributed by atoms with Crippen molar-refractivity contribution in [2.45, 2.75) is 12.6 Å². The molecule has 1 aromatic carbocycles. The Morgan fingerprint density at radius 3 is 3.16 bits per heavy atom. The topological polar surface area (TPSA) is 59.6 Å². The van der Waals surface area contributed by atoms with Gasteiger partial charge in [-0.3, -0.25) is 4.79 Å². The molecule has 104 valence electrons. The van der Waals surface area contributed by atoms with Crippen molar-refractivity contribution in [3.05, 3.63) is 28.8 Å². The van der Waals surface area contributed by atoms with Crippen molar-refractivity contribution >= 4 is 17.5 Å². The molecule has 0 saturated carbocycles. The predicted octanol–water partition coefficient (Wildman–Crippen LogP) is 0.953. The Morgan fingerprint density at radius 2 is 2.47 bits per heavy atom. The van der Waals surface area contributed by atoms with Gasteiger partial charge in [0.05, 0.1) is 20.3 Å². The van der Waals surface area contributed by atoms with E-state index in [2.05, 4.69) is 10.6 Å². The minimum Gasteiger partial charge on any atom is -0.496 e. The molecule has 1 unspecified atom stereocenters. The monoisotopic (exact) mass is 284 g/mol. The molecule has 0 aliphatic carbocycles. The van der Waals surface area contributed by atoms with E-state index in [-0.39, 0.29) is 11.9 Å². The van der Waals surface area contributed by atoms with Crippen LogP contribution in [0.4, 0.5) is 0 Å². The Labute approximate surface area is 117 Å². The summed E-state index contributed by atoms with van der Waals surface area (Å²) in [4.78, 5) is 11.9. The Bertz CT molecular complexity index is 448. The van der Waals surface area contributed by atoms with E-state index in [0.29, 0.717) is 37.1 Å². The SMILES string of the molecule is COc1cc(Cl)ccc1CNC(=O)C1COCCN1. The summed E-state index contributed by atoms with van der Waals surface area (Å²) in [5, 5.41) is 6.57. The Morgan fingerprint density at radius 1 is 1.63 bits per heavy atom. The van der Waals surface area contributed by atoms with E-state index in [1.807, 2.05) is 6.07 Å². The lowest BCUT2D eigenvalue weighted by atomic mass is 10.2. The van der Waals surface area contributed by atoms with Gasteiger partial charge in [-0.2, -0.15) is 0 Å². The molecule has 1 aliphatic rings. The summed E-state index contributed by atoms with van der Waals surface area (Å²) in [6.07, 6.45) is 0. The Kier molecular flexibility index (Phi) is 5.01. The van der Waals surface area contributed by atoms with Crippen LogP contribution in [0.2, 0.25) is 5.02 Å². The molecule has 5 nitrogen and oxygen atoms in total. The third-order valence-corrected chi connectivity index (χ3v) is 3.18. The third kappa shape index (κ3) is 3.83. The lowest BCUT2D eigenvalue weighted by Gasteiger charge is -2.23. The second-order valence-corrected chi connectivity index (χ2v) is 4.69. The zero-order chi connectivity index (χ0) is 13.7. The molecule has 0 bridgehead atoms. The molecule has 0 radical (unpaired) electrons. The van der Waals surface area contributed by atoms with Crippen LogP contribution in [0.3, 0.4) is 0 Å². The van der Waals surface area contributed by atoms with Crippen molar-refractivity contribution in [3.8, 4) is 5.75 Å². The molecule has 1 fully saturated rings. The lowest BCUT2D eigenvalue weighted by Crippen LogP contribution is -2.51. The summed E-state index contributed by atoms with van der Waals surface area (Å²) in [7, 11) is 1.58. The first-order valence-corrected chi connectivity index (χ1v) is 6.50. The molecular formula is C13H17ClN2O3. The molecule has 6 heteroatoms. The standard InChI is InChI=1S/C13H17ClN2O3/c1-18-12-6-10(14)3-2-9(12)7-16-13(17)11-8-19-5-4-15-11/h2-3,6,11,15H,4-5,7-8H2,1H3,(H,16,17). The van der Waals surface area contributed by atoms with Crippen LogP contribution in [0.25, 0.3) is 0 Å². The number of amides is 1. The van der Waals surface area contributed by atoms with E-state index in [9.17, 15) is 4.79 Å². The van der Waals surface area contributed by atoms with E-state index in [4.69, 9.17) is 21.1 Å². The first kappa shape index (κ1) is 14.1. The Hall–Kier alpha value is -1.30. The van der Waals surface area contributed by atoms with Crippen LogP contribution < -0.4 is 15.4 Å². The van der Waals surface area contributed by atoms with Crippen LogP contribution in [-0.4, -0.2) is 38.8 Å². The van der Waals surface area contributed by atoms with Gasteiger partial charge in [0.1, 0.15) is 11.8 Å². The molecule has 1 saturated heterocycles. The highest BCUT2D eigenvalue weighted by atomic mass is 35.5. The molecule has 1 aliphatic heterocycles. The molecule has 2 N–H and O–H groups in total. The molecule has 1 aromatic rings. The fraction of sp³-hybridized carbons (Fsp3) is 0.462. The number of rotatable bonds is 4. The average molecular weight is 285 g/mol. The maximum atomic E-state index is 11.9. The van der Waals surface area contributed by atoms with Crippen LogP contribution in [0, 0.1) is 0 Å². The van der Waals surface area contributed by atoms with Gasteiger partial charge in [-0.15, -0.1) is 0 Å². The second-order valence-electron chi connectivity index (χ2n) is 4.26. The van der Waals surface area contributed by atoms with E-state index >= 15 is 0 Å². The van der Waals surface area contributed by atoms with Crippen LogP contribution in [0.15, 0.2) is 18.2 Å². The van der Waals surface area contributed by atoms with Crippen molar-refractivity contribution in [3.63, 3.8) is 0 Å². The van der Waals surface area contributed by atoms with E-state index in [1.165, 1.54) is 0 Å². The number of halogens is 1. The zero-order valence-electron chi connectivity index (χ0n) is 10.7. The van der Waals surface area contributed by atoms with Crippen molar-refractivity contribution in [2.75, 3.05) is 26.9 Å². The summed E-state index contributed by atoms with van der Waals surface area (Å²) in [6.45, 7) is 2.15. The van der Waals surface area contributed by atoms with Crippen molar-refractivity contribution in [1.82, 2.24) is 10.6 Å². The number of benzene rings is 1. The molecular weight excluding hydrogens is 268 g/mol. The summed E-state index contributed by atoms with van der Waals surface area (Å²) in [6, 6.07) is 5.05. The highest BCUT2D eigenvalue weighted by molar-refractivity contribution is 6.30. The first-order chi connectivity index (χ1) is 9.20.